The van der Waals surface area contributed by atoms with Crippen LogP contribution in [0.4, 0.5) is 4.79 Å². The maximum absolute atomic E-state index is 13.2. The summed E-state index contributed by atoms with van der Waals surface area (Å²) in [4.78, 5) is 37.5. The Balaban J connectivity index is 0.000000255. The van der Waals surface area contributed by atoms with E-state index >= 15 is 0 Å². The molecule has 0 aliphatic carbocycles. The van der Waals surface area contributed by atoms with Gasteiger partial charge >= 0.3 is 6.16 Å². The fraction of sp³-hybridized carbons (Fsp3) is 0.380. The van der Waals surface area contributed by atoms with E-state index in [1.807, 2.05) is 48.5 Å². The zero-order valence-electron chi connectivity index (χ0n) is 38.5. The number of hydrogen-bond donors (Lipinski definition) is 7. The number of methoxy groups -OCH3 is 1. The van der Waals surface area contributed by atoms with Gasteiger partial charge in [0.1, 0.15) is 76.3 Å². The number of aliphatic hydroxyl groups excluding tert-OH is 5. The number of phenols is 2. The summed E-state index contributed by atoms with van der Waals surface area (Å²) in [7, 11) is 1.15. The topological polar surface area (TPSA) is 337 Å². The second kappa shape index (κ2) is 24.3. The summed E-state index contributed by atoms with van der Waals surface area (Å²) in [6, 6.07) is 21.1. The van der Waals surface area contributed by atoms with Gasteiger partial charge in [-0.3, -0.25) is 9.59 Å². The van der Waals surface area contributed by atoms with Crippen LogP contribution in [0.5, 0.6) is 23.0 Å². The van der Waals surface area contributed by atoms with Gasteiger partial charge in [0.25, 0.3) is 0 Å². The molecule has 8 atom stereocenters. The third-order valence-electron chi connectivity index (χ3n) is 11.6. The SMILES string of the molecule is COC(=O)OCC1OC(Oc2cc(C)cc(O)c2C(=O)CCc2ccc3occc3c2)C(O)CC1O.Cc1cc(O)c(C(=O)CCc2ccc3occc3c2)c(OC2OC(CO)C(O)CC2O)c1.O.O. The Morgan fingerprint density at radius 3 is 1.50 bits per heavy atom. The lowest BCUT2D eigenvalue weighted by molar-refractivity contribution is -0.241. The molecule has 0 radical (unpaired) electrons. The molecule has 4 heterocycles. The van der Waals surface area contributed by atoms with E-state index in [4.69, 9.17) is 32.5 Å². The molecular weight excluding hydrogens is 921 g/mol. The van der Waals surface area contributed by atoms with Gasteiger partial charge in [0, 0.05) is 36.5 Å². The molecular formula is C50H58O20. The number of Topliss-reactive ketones (excluding diaryl/α,β-unsaturated/α-hetero) is 2. The van der Waals surface area contributed by atoms with E-state index in [0.717, 1.165) is 40.2 Å². The van der Waals surface area contributed by atoms with Crippen molar-refractivity contribution in [1.82, 2.24) is 0 Å². The summed E-state index contributed by atoms with van der Waals surface area (Å²) in [5.41, 5.74) is 4.65. The average Bonchev–Trinajstić information content (AvgIpc) is 3.98. The van der Waals surface area contributed by atoms with Crippen LogP contribution in [0.25, 0.3) is 21.9 Å². The Hall–Kier alpha value is -6.59. The fourth-order valence-electron chi connectivity index (χ4n) is 8.04. The Morgan fingerprint density at radius 2 is 1.06 bits per heavy atom. The first-order valence-corrected chi connectivity index (χ1v) is 21.9. The lowest BCUT2D eigenvalue weighted by Gasteiger charge is -2.36. The van der Waals surface area contributed by atoms with Crippen molar-refractivity contribution in [2.24, 2.45) is 0 Å². The van der Waals surface area contributed by atoms with E-state index in [9.17, 15) is 50.1 Å². The molecule has 0 spiro atoms. The zero-order valence-corrected chi connectivity index (χ0v) is 38.5. The Kier molecular flexibility index (Phi) is 18.9. The summed E-state index contributed by atoms with van der Waals surface area (Å²) in [6.07, 6.45) is -5.75. The Bertz CT molecular complexity index is 2710. The van der Waals surface area contributed by atoms with Gasteiger partial charge in [0.15, 0.2) is 11.6 Å². The van der Waals surface area contributed by atoms with Crippen molar-refractivity contribution in [3.63, 3.8) is 0 Å². The second-order valence-electron chi connectivity index (χ2n) is 16.8. The Labute approximate surface area is 400 Å². The van der Waals surface area contributed by atoms with Gasteiger partial charge in [-0.15, -0.1) is 0 Å². The van der Waals surface area contributed by atoms with Gasteiger partial charge in [-0.1, -0.05) is 12.1 Å². The number of carbonyl (C=O) groups excluding carboxylic acids is 3. The summed E-state index contributed by atoms with van der Waals surface area (Å²) in [5.74, 6) is -1.04. The summed E-state index contributed by atoms with van der Waals surface area (Å²) in [6.45, 7) is 2.68. The quantitative estimate of drug-likeness (QED) is 0.0563. The molecule has 8 unspecified atom stereocenters. The molecule has 8 rings (SSSR count). The Morgan fingerprint density at radius 1 is 0.614 bits per heavy atom. The molecule has 0 bridgehead atoms. The van der Waals surface area contributed by atoms with Gasteiger partial charge in [-0.05, 0) is 110 Å². The minimum absolute atomic E-state index is 0. The van der Waals surface area contributed by atoms with Crippen LogP contribution in [0, 0.1) is 13.8 Å². The average molecular weight is 979 g/mol. The third kappa shape index (κ3) is 13.2. The first kappa shape index (κ1) is 54.4. The number of rotatable bonds is 15. The van der Waals surface area contributed by atoms with E-state index in [2.05, 4.69) is 4.74 Å². The van der Waals surface area contributed by atoms with Crippen LogP contribution < -0.4 is 9.47 Å². The molecule has 2 fully saturated rings. The van der Waals surface area contributed by atoms with Crippen LogP contribution in [0.3, 0.4) is 0 Å². The van der Waals surface area contributed by atoms with Crippen LogP contribution in [0.15, 0.2) is 94.2 Å². The number of ketones is 2. The molecule has 2 aromatic heterocycles. The third-order valence-corrected chi connectivity index (χ3v) is 11.6. The molecule has 4 aromatic carbocycles. The van der Waals surface area contributed by atoms with Crippen molar-refractivity contribution in [1.29, 1.82) is 0 Å². The number of benzene rings is 4. The van der Waals surface area contributed by atoms with Crippen molar-refractivity contribution >= 4 is 39.7 Å². The lowest BCUT2D eigenvalue weighted by Crippen LogP contribution is -2.51. The van der Waals surface area contributed by atoms with E-state index in [-0.39, 0.29) is 88.9 Å². The molecule has 2 aliphatic rings. The molecule has 0 amide bonds. The predicted molar refractivity (Wildman–Crippen MR) is 248 cm³/mol. The predicted octanol–water partition coefficient (Wildman–Crippen LogP) is 4.08. The number of furan rings is 2. The summed E-state index contributed by atoms with van der Waals surface area (Å²) < 4.78 is 42.6. The summed E-state index contributed by atoms with van der Waals surface area (Å²) >= 11 is 0. The largest absolute Gasteiger partial charge is 0.508 e. The van der Waals surface area contributed by atoms with Crippen molar-refractivity contribution in [3.8, 4) is 23.0 Å². The van der Waals surface area contributed by atoms with Gasteiger partial charge < -0.3 is 84.0 Å². The highest BCUT2D eigenvalue weighted by Gasteiger charge is 2.40. The first-order valence-electron chi connectivity index (χ1n) is 21.9. The number of ether oxygens (including phenoxy) is 6. The molecule has 2 saturated heterocycles. The molecule has 2 aliphatic heterocycles. The maximum Gasteiger partial charge on any atom is 0.508 e. The highest BCUT2D eigenvalue weighted by atomic mass is 16.7. The van der Waals surface area contributed by atoms with Crippen LogP contribution in [-0.2, 0) is 31.8 Å². The number of carbonyl (C=O) groups is 3. The van der Waals surface area contributed by atoms with Gasteiger partial charge in [0.05, 0.1) is 38.5 Å². The highest BCUT2D eigenvalue weighted by molar-refractivity contribution is 6.02. The van der Waals surface area contributed by atoms with Crippen LogP contribution in [0.2, 0.25) is 0 Å². The number of aryl methyl sites for hydroxylation is 4. The van der Waals surface area contributed by atoms with Gasteiger partial charge in [-0.25, -0.2) is 4.79 Å². The molecule has 20 heteroatoms. The molecule has 70 heavy (non-hydrogen) atoms. The smallest absolute Gasteiger partial charge is 0.507 e. The standard InChI is InChI=1S/C26H28O10.C24H26O8.2H2O/c1-14-9-19(29)24(17(27)5-3-15-4-6-21-16(11-15)7-8-33-21)22(10-14)35-25-20(30)12-18(28)23(36-25)13-34-26(31)32-2;1-13-8-18(28)23(16(26)4-2-14-3-5-20-15(10-14)6-7-30-20)21(9-13)31-24-19(29)11-17(27)22(12-25)32-24;;/h4,6-11,18,20,23,25,28-30H,3,5,12-13H2,1-2H3;3,5-10,17,19,22,24-25,27-29H,2,4,11-12H2,1H3;2*1H2. The number of phenolic OH excluding ortho intramolecular Hbond substituents is 2. The number of fused-ring (bicyclic) bond motifs is 2. The van der Waals surface area contributed by atoms with E-state index in [1.54, 1.807) is 38.5 Å². The monoisotopic (exact) mass is 978 g/mol. The van der Waals surface area contributed by atoms with E-state index in [0.29, 0.717) is 24.0 Å². The van der Waals surface area contributed by atoms with Crippen molar-refractivity contribution in [3.05, 3.63) is 119 Å². The van der Waals surface area contributed by atoms with Gasteiger partial charge in [0.2, 0.25) is 12.6 Å². The van der Waals surface area contributed by atoms with Crippen molar-refractivity contribution < 1.29 is 98.3 Å². The molecule has 0 saturated carbocycles. The summed E-state index contributed by atoms with van der Waals surface area (Å²) in [5, 5.41) is 73.1. The van der Waals surface area contributed by atoms with Crippen molar-refractivity contribution in [2.75, 3.05) is 20.3 Å². The highest BCUT2D eigenvalue weighted by Crippen LogP contribution is 2.36. The van der Waals surface area contributed by atoms with Crippen molar-refractivity contribution in [2.45, 2.75) is 102 Å². The molecule has 6 aromatic rings. The van der Waals surface area contributed by atoms with Crippen LogP contribution in [0.1, 0.15) is 68.7 Å². The molecule has 11 N–H and O–H groups in total. The van der Waals surface area contributed by atoms with Gasteiger partial charge in [-0.2, -0.15) is 0 Å². The number of aromatic hydroxyl groups is 2. The molecule has 378 valence electrons. The lowest BCUT2D eigenvalue weighted by atomic mass is 9.99. The fourth-order valence-corrected chi connectivity index (χ4v) is 8.04. The second-order valence-corrected chi connectivity index (χ2v) is 16.8. The minimum Gasteiger partial charge on any atom is -0.507 e. The number of hydrogen-bond acceptors (Lipinski definition) is 18. The van der Waals surface area contributed by atoms with E-state index < -0.39 is 62.0 Å². The number of aliphatic hydroxyl groups is 5. The van der Waals surface area contributed by atoms with E-state index in [1.165, 1.54) is 12.1 Å². The van der Waals surface area contributed by atoms with Crippen LogP contribution in [-0.4, -0.2) is 134 Å². The minimum atomic E-state index is -1.28. The van der Waals surface area contributed by atoms with Crippen LogP contribution >= 0.6 is 0 Å². The first-order chi connectivity index (χ1) is 32.6. The zero-order chi connectivity index (χ0) is 48.6. The molecule has 20 nitrogen and oxygen atoms in total. The normalized spacial score (nSPS) is 21.9. The maximum atomic E-state index is 13.2.